The monoisotopic (exact) mass is 207 g/mol. The first-order chi connectivity index (χ1) is 6.04. The van der Waals surface area contributed by atoms with Crippen LogP contribution >= 0.6 is 0 Å². The maximum absolute atomic E-state index is 10.9. The molecule has 6 heteroatoms. The van der Waals surface area contributed by atoms with Gasteiger partial charge in [0.25, 0.3) is 10.2 Å². The lowest BCUT2D eigenvalue weighted by atomic mass is 9.98. The van der Waals surface area contributed by atoms with Crippen molar-refractivity contribution >= 4 is 10.2 Å². The van der Waals surface area contributed by atoms with E-state index in [1.165, 1.54) is 4.31 Å². The van der Waals surface area contributed by atoms with Crippen LogP contribution in [0.3, 0.4) is 0 Å². The Morgan fingerprint density at radius 2 is 2.00 bits per heavy atom. The molecule has 1 aliphatic rings. The zero-order chi connectivity index (χ0) is 9.90. The molecule has 0 aromatic carbocycles. The minimum Gasteiger partial charge on any atom is -0.319 e. The molecule has 78 valence electrons. The van der Waals surface area contributed by atoms with E-state index in [2.05, 4.69) is 5.32 Å². The Bertz CT molecular complexity index is 244. The fourth-order valence-corrected chi connectivity index (χ4v) is 2.38. The Hall–Kier alpha value is -0.170. The summed E-state index contributed by atoms with van der Waals surface area (Å²) in [5.41, 5.74) is 0. The zero-order valence-electron chi connectivity index (χ0n) is 7.86. The summed E-state index contributed by atoms with van der Waals surface area (Å²) in [5.74, 6) is 0.586. The summed E-state index contributed by atoms with van der Waals surface area (Å²) in [6, 6.07) is 0. The number of rotatable bonds is 3. The Labute approximate surface area is 79.5 Å². The van der Waals surface area contributed by atoms with Crippen molar-refractivity contribution in [3.63, 3.8) is 0 Å². The first-order valence-corrected chi connectivity index (χ1v) is 5.97. The highest BCUT2D eigenvalue weighted by molar-refractivity contribution is 7.86. The second kappa shape index (κ2) is 4.36. The molecule has 3 N–H and O–H groups in total. The third-order valence-electron chi connectivity index (χ3n) is 2.43. The van der Waals surface area contributed by atoms with Crippen LogP contribution in [0, 0.1) is 5.92 Å². The van der Waals surface area contributed by atoms with Gasteiger partial charge < -0.3 is 5.32 Å². The van der Waals surface area contributed by atoms with Crippen molar-refractivity contribution in [1.29, 1.82) is 0 Å². The summed E-state index contributed by atoms with van der Waals surface area (Å²) in [6.07, 6.45) is 1.80. The quantitative estimate of drug-likeness (QED) is 0.631. The van der Waals surface area contributed by atoms with Gasteiger partial charge in [-0.25, -0.2) is 5.14 Å². The summed E-state index contributed by atoms with van der Waals surface area (Å²) >= 11 is 0. The number of nitrogens with one attached hydrogen (secondary N) is 1. The molecule has 1 fully saturated rings. The van der Waals surface area contributed by atoms with E-state index < -0.39 is 10.2 Å². The van der Waals surface area contributed by atoms with Crippen LogP contribution in [-0.2, 0) is 10.2 Å². The van der Waals surface area contributed by atoms with Crippen molar-refractivity contribution in [2.24, 2.45) is 11.1 Å². The van der Waals surface area contributed by atoms with E-state index in [-0.39, 0.29) is 0 Å². The molecule has 1 heterocycles. The second-order valence-electron chi connectivity index (χ2n) is 3.45. The molecule has 0 spiro atoms. The normalized spacial score (nSPS) is 22.0. The van der Waals surface area contributed by atoms with Crippen LogP contribution in [0.1, 0.15) is 12.8 Å². The molecule has 0 unspecified atom stereocenters. The SMILES string of the molecule is CNCC1CCN(S(N)(=O)=O)CC1. The number of hydrogen-bond acceptors (Lipinski definition) is 3. The second-order valence-corrected chi connectivity index (χ2v) is 4.99. The average Bonchev–Trinajstić information content (AvgIpc) is 2.04. The fourth-order valence-electron chi connectivity index (χ4n) is 1.66. The van der Waals surface area contributed by atoms with Crippen LogP contribution in [0.4, 0.5) is 0 Å². The Morgan fingerprint density at radius 3 is 2.38 bits per heavy atom. The van der Waals surface area contributed by atoms with Gasteiger partial charge in [-0.15, -0.1) is 0 Å². The smallest absolute Gasteiger partial charge is 0.276 e. The highest BCUT2D eigenvalue weighted by Gasteiger charge is 2.24. The summed E-state index contributed by atoms with van der Waals surface area (Å²) in [5, 5.41) is 8.10. The van der Waals surface area contributed by atoms with Gasteiger partial charge in [-0.2, -0.15) is 12.7 Å². The topological polar surface area (TPSA) is 75.4 Å². The largest absolute Gasteiger partial charge is 0.319 e. The summed E-state index contributed by atoms with van der Waals surface area (Å²) in [6.45, 7) is 2.08. The number of hydrogen-bond donors (Lipinski definition) is 2. The zero-order valence-corrected chi connectivity index (χ0v) is 8.68. The van der Waals surface area contributed by atoms with Gasteiger partial charge >= 0.3 is 0 Å². The summed E-state index contributed by atoms with van der Waals surface area (Å²) in [4.78, 5) is 0. The van der Waals surface area contributed by atoms with Crippen LogP contribution in [0.15, 0.2) is 0 Å². The molecule has 0 saturated carbocycles. The van der Waals surface area contributed by atoms with Crippen molar-refractivity contribution in [2.75, 3.05) is 26.7 Å². The highest BCUT2D eigenvalue weighted by atomic mass is 32.2. The van der Waals surface area contributed by atoms with E-state index in [1.807, 2.05) is 7.05 Å². The Kier molecular flexibility index (Phi) is 3.66. The van der Waals surface area contributed by atoms with Gasteiger partial charge in [0.1, 0.15) is 0 Å². The van der Waals surface area contributed by atoms with Crippen LogP contribution in [-0.4, -0.2) is 39.4 Å². The number of piperidine rings is 1. The third kappa shape index (κ3) is 3.22. The van der Waals surface area contributed by atoms with Gasteiger partial charge in [0.05, 0.1) is 0 Å². The summed E-state index contributed by atoms with van der Waals surface area (Å²) in [7, 11) is -1.54. The summed E-state index contributed by atoms with van der Waals surface area (Å²) < 4.78 is 23.2. The number of nitrogens with two attached hydrogens (primary N) is 1. The van der Waals surface area contributed by atoms with Gasteiger partial charge in [0.2, 0.25) is 0 Å². The molecule has 0 bridgehead atoms. The molecule has 13 heavy (non-hydrogen) atoms. The minimum atomic E-state index is -3.45. The molecule has 0 aromatic heterocycles. The van der Waals surface area contributed by atoms with Crippen molar-refractivity contribution in [3.8, 4) is 0 Å². The van der Waals surface area contributed by atoms with Crippen molar-refractivity contribution in [2.45, 2.75) is 12.8 Å². The van der Waals surface area contributed by atoms with Crippen molar-refractivity contribution < 1.29 is 8.42 Å². The molecule has 0 atom stereocenters. The molecular weight excluding hydrogens is 190 g/mol. The molecule has 0 amide bonds. The maximum atomic E-state index is 10.9. The first kappa shape index (κ1) is 10.9. The lowest BCUT2D eigenvalue weighted by Gasteiger charge is -2.29. The molecule has 0 aliphatic carbocycles. The Balaban J connectivity index is 2.39. The van der Waals surface area contributed by atoms with E-state index in [9.17, 15) is 8.42 Å². The standard InChI is InChI=1S/C7H17N3O2S/c1-9-6-7-2-4-10(5-3-7)13(8,11)12/h7,9H,2-6H2,1H3,(H2,8,11,12). The minimum absolute atomic E-state index is 0.561. The van der Waals surface area contributed by atoms with E-state index in [1.54, 1.807) is 0 Å². The lowest BCUT2D eigenvalue weighted by molar-refractivity contribution is 0.271. The van der Waals surface area contributed by atoms with Crippen LogP contribution < -0.4 is 10.5 Å². The average molecular weight is 207 g/mol. The van der Waals surface area contributed by atoms with Crippen molar-refractivity contribution in [1.82, 2.24) is 9.62 Å². The van der Waals surface area contributed by atoms with Crippen LogP contribution in [0.5, 0.6) is 0 Å². The van der Waals surface area contributed by atoms with E-state index in [0.717, 1.165) is 19.4 Å². The highest BCUT2D eigenvalue weighted by Crippen LogP contribution is 2.17. The number of nitrogens with zero attached hydrogens (tertiary/aromatic N) is 1. The predicted octanol–water partition coefficient (Wildman–Crippen LogP) is -0.879. The lowest BCUT2D eigenvalue weighted by Crippen LogP contribution is -2.43. The maximum Gasteiger partial charge on any atom is 0.276 e. The molecule has 1 rings (SSSR count). The predicted molar refractivity (Wildman–Crippen MR) is 51.3 cm³/mol. The molecule has 0 radical (unpaired) electrons. The van der Waals surface area contributed by atoms with Crippen LogP contribution in [0.2, 0.25) is 0 Å². The Morgan fingerprint density at radius 1 is 1.46 bits per heavy atom. The van der Waals surface area contributed by atoms with Gasteiger partial charge in [0.15, 0.2) is 0 Å². The van der Waals surface area contributed by atoms with Gasteiger partial charge in [-0.05, 0) is 32.4 Å². The molecule has 5 nitrogen and oxygen atoms in total. The van der Waals surface area contributed by atoms with Crippen molar-refractivity contribution in [3.05, 3.63) is 0 Å². The van der Waals surface area contributed by atoms with E-state index in [0.29, 0.717) is 19.0 Å². The van der Waals surface area contributed by atoms with E-state index in [4.69, 9.17) is 5.14 Å². The van der Waals surface area contributed by atoms with Gasteiger partial charge in [-0.1, -0.05) is 0 Å². The van der Waals surface area contributed by atoms with Crippen LogP contribution in [0.25, 0.3) is 0 Å². The molecule has 1 aliphatic heterocycles. The van der Waals surface area contributed by atoms with Gasteiger partial charge in [-0.3, -0.25) is 0 Å². The fraction of sp³-hybridized carbons (Fsp3) is 1.00. The van der Waals surface area contributed by atoms with Gasteiger partial charge in [0, 0.05) is 13.1 Å². The third-order valence-corrected chi connectivity index (χ3v) is 3.51. The first-order valence-electron chi connectivity index (χ1n) is 4.46. The van der Waals surface area contributed by atoms with E-state index >= 15 is 0 Å². The molecular formula is C7H17N3O2S. The molecule has 1 saturated heterocycles. The molecule has 0 aromatic rings.